The zero-order chi connectivity index (χ0) is 9.56. The largest absolute Gasteiger partial charge is 0.342 e. The molecular weight excluding hydrogens is 152 g/mol. The maximum absolute atomic E-state index is 10.2. The molecule has 0 aliphatic carbocycles. The Hall–Kier alpha value is -1.12. The normalized spacial score (nSPS) is 11.1. The molecule has 0 bridgehead atoms. The van der Waals surface area contributed by atoms with Crippen LogP contribution in [0.3, 0.4) is 0 Å². The van der Waals surface area contributed by atoms with Gasteiger partial charge in [-0.05, 0) is 13.3 Å². The van der Waals surface area contributed by atoms with Gasteiger partial charge in [0.1, 0.15) is 0 Å². The predicted octanol–water partition coefficient (Wildman–Crippen LogP) is 1.46. The summed E-state index contributed by atoms with van der Waals surface area (Å²) in [6, 6.07) is 0. The summed E-state index contributed by atoms with van der Waals surface area (Å²) in [7, 11) is 1.70. The number of hydrogen-bond acceptors (Lipinski definition) is 2. The number of likely N-dealkylation sites (N-methyl/N-ethyl adjacent to an activating group) is 1. The van der Waals surface area contributed by atoms with Gasteiger partial charge in [-0.15, -0.1) is 0 Å². The van der Waals surface area contributed by atoms with Crippen molar-refractivity contribution in [3.63, 3.8) is 0 Å². The molecule has 1 amide bonds. The molecule has 0 heterocycles. The highest BCUT2D eigenvalue weighted by molar-refractivity contribution is 5.82. The van der Waals surface area contributed by atoms with E-state index in [4.69, 9.17) is 0 Å². The molecule has 0 aromatic rings. The second-order valence-electron chi connectivity index (χ2n) is 2.79. The number of aliphatic imine (C=N–C) groups is 1. The highest BCUT2D eigenvalue weighted by Gasteiger charge is 1.96. The second-order valence-corrected chi connectivity index (χ2v) is 2.79. The van der Waals surface area contributed by atoms with Gasteiger partial charge in [0.25, 0.3) is 0 Å². The molecule has 0 radical (unpaired) electrons. The molecule has 3 nitrogen and oxygen atoms in total. The topological polar surface area (TPSA) is 32.7 Å². The van der Waals surface area contributed by atoms with E-state index in [0.29, 0.717) is 6.54 Å². The van der Waals surface area contributed by atoms with Crippen LogP contribution in [-0.4, -0.2) is 30.6 Å². The molecule has 0 saturated heterocycles. The van der Waals surface area contributed by atoms with Gasteiger partial charge in [-0.3, -0.25) is 9.79 Å². The van der Waals surface area contributed by atoms with Crippen molar-refractivity contribution in [3.05, 3.63) is 12.3 Å². The first kappa shape index (κ1) is 10.9. The monoisotopic (exact) mass is 168 g/mol. The van der Waals surface area contributed by atoms with Crippen LogP contribution in [0, 0.1) is 0 Å². The summed E-state index contributed by atoms with van der Waals surface area (Å²) in [5.41, 5.74) is 1.77. The summed E-state index contributed by atoms with van der Waals surface area (Å²) in [5, 5.41) is 0. The Morgan fingerprint density at radius 1 is 1.67 bits per heavy atom. The summed E-state index contributed by atoms with van der Waals surface area (Å²) in [6.07, 6.45) is 1.69. The van der Waals surface area contributed by atoms with Crippen molar-refractivity contribution in [1.82, 2.24) is 4.90 Å². The van der Waals surface area contributed by atoms with Crippen molar-refractivity contribution in [2.75, 3.05) is 13.6 Å². The van der Waals surface area contributed by atoms with Crippen LogP contribution >= 0.6 is 0 Å². The number of rotatable bonds is 5. The van der Waals surface area contributed by atoms with E-state index < -0.39 is 0 Å². The van der Waals surface area contributed by atoms with E-state index in [1.54, 1.807) is 7.05 Å². The number of amides is 1. The van der Waals surface area contributed by atoms with Crippen molar-refractivity contribution in [1.29, 1.82) is 0 Å². The minimum absolute atomic E-state index is 0.501. The lowest BCUT2D eigenvalue weighted by Crippen LogP contribution is -2.18. The standard InChI is InChI=1S/C9H16N2O/c1-5-8(2)10-9(3)6-11(4)7-12/h7H,3,5-6H2,1-2,4H3/b10-8+. The fraction of sp³-hybridized carbons (Fsp3) is 0.556. The lowest BCUT2D eigenvalue weighted by molar-refractivity contribution is -0.116. The molecule has 0 unspecified atom stereocenters. The molecular formula is C9H16N2O. The fourth-order valence-electron chi connectivity index (χ4n) is 0.709. The lowest BCUT2D eigenvalue weighted by Gasteiger charge is -2.09. The third-order valence-electron chi connectivity index (χ3n) is 1.47. The number of carbonyl (C=O) groups is 1. The van der Waals surface area contributed by atoms with E-state index in [0.717, 1.165) is 24.2 Å². The first-order chi connectivity index (χ1) is 5.60. The van der Waals surface area contributed by atoms with Crippen molar-refractivity contribution < 1.29 is 4.79 Å². The molecule has 0 atom stereocenters. The van der Waals surface area contributed by atoms with Crippen LogP contribution in [0.1, 0.15) is 20.3 Å². The summed E-state index contributed by atoms with van der Waals surface area (Å²) in [4.78, 5) is 15.9. The van der Waals surface area contributed by atoms with Crippen LogP contribution in [0.2, 0.25) is 0 Å². The van der Waals surface area contributed by atoms with Crippen molar-refractivity contribution in [2.24, 2.45) is 4.99 Å². The average Bonchev–Trinajstić information content (AvgIpc) is 2.03. The molecule has 0 rings (SSSR count). The first-order valence-electron chi connectivity index (χ1n) is 3.97. The van der Waals surface area contributed by atoms with Gasteiger partial charge in [-0.25, -0.2) is 0 Å². The smallest absolute Gasteiger partial charge is 0.209 e. The molecule has 68 valence electrons. The second kappa shape index (κ2) is 5.52. The zero-order valence-corrected chi connectivity index (χ0v) is 8.00. The van der Waals surface area contributed by atoms with Crippen molar-refractivity contribution in [2.45, 2.75) is 20.3 Å². The highest BCUT2D eigenvalue weighted by Crippen LogP contribution is 1.97. The molecule has 0 aliphatic heterocycles. The van der Waals surface area contributed by atoms with Gasteiger partial charge in [0.2, 0.25) is 6.41 Å². The number of hydrogen-bond donors (Lipinski definition) is 0. The van der Waals surface area contributed by atoms with Crippen LogP contribution in [0.5, 0.6) is 0 Å². The molecule has 3 heteroatoms. The Morgan fingerprint density at radius 2 is 2.25 bits per heavy atom. The number of nitrogens with zero attached hydrogens (tertiary/aromatic N) is 2. The van der Waals surface area contributed by atoms with E-state index >= 15 is 0 Å². The first-order valence-corrected chi connectivity index (χ1v) is 3.97. The zero-order valence-electron chi connectivity index (χ0n) is 8.00. The quantitative estimate of drug-likeness (QED) is 0.452. The third kappa shape index (κ3) is 4.66. The summed E-state index contributed by atoms with van der Waals surface area (Å²) in [6.45, 7) is 8.23. The van der Waals surface area contributed by atoms with Gasteiger partial charge >= 0.3 is 0 Å². The summed E-state index contributed by atoms with van der Waals surface area (Å²) in [5.74, 6) is 0. The van der Waals surface area contributed by atoms with Gasteiger partial charge < -0.3 is 4.90 Å². The molecule has 0 spiro atoms. The lowest BCUT2D eigenvalue weighted by atomic mass is 10.3. The molecule has 0 N–H and O–H groups in total. The van der Waals surface area contributed by atoms with E-state index in [9.17, 15) is 4.79 Å². The Morgan fingerprint density at radius 3 is 2.67 bits per heavy atom. The molecule has 0 aliphatic rings. The summed E-state index contributed by atoms with van der Waals surface area (Å²) < 4.78 is 0. The maximum Gasteiger partial charge on any atom is 0.209 e. The molecule has 0 fully saturated rings. The molecule has 0 aromatic carbocycles. The van der Waals surface area contributed by atoms with Gasteiger partial charge in [-0.1, -0.05) is 13.5 Å². The van der Waals surface area contributed by atoms with Crippen LogP contribution in [0.25, 0.3) is 0 Å². The van der Waals surface area contributed by atoms with Gasteiger partial charge in [0, 0.05) is 12.8 Å². The SMILES string of the molecule is C=C(CN(C)C=O)/N=C(\C)CC. The van der Waals surface area contributed by atoms with Gasteiger partial charge in [0.15, 0.2) is 0 Å². The average molecular weight is 168 g/mol. The molecule has 0 aromatic heterocycles. The van der Waals surface area contributed by atoms with Crippen LogP contribution < -0.4 is 0 Å². The van der Waals surface area contributed by atoms with Crippen LogP contribution in [0.15, 0.2) is 17.3 Å². The fourth-order valence-corrected chi connectivity index (χ4v) is 0.709. The van der Waals surface area contributed by atoms with Gasteiger partial charge in [-0.2, -0.15) is 0 Å². The number of carbonyl (C=O) groups excluding carboxylic acids is 1. The Bertz CT molecular complexity index is 197. The molecule has 12 heavy (non-hydrogen) atoms. The Labute approximate surface area is 73.8 Å². The minimum Gasteiger partial charge on any atom is -0.342 e. The Balaban J connectivity index is 3.97. The van der Waals surface area contributed by atoms with Crippen molar-refractivity contribution >= 4 is 12.1 Å². The van der Waals surface area contributed by atoms with E-state index in [1.165, 1.54) is 4.90 Å². The minimum atomic E-state index is 0.501. The van der Waals surface area contributed by atoms with E-state index in [1.807, 2.05) is 13.8 Å². The van der Waals surface area contributed by atoms with E-state index in [2.05, 4.69) is 11.6 Å². The van der Waals surface area contributed by atoms with E-state index in [-0.39, 0.29) is 0 Å². The van der Waals surface area contributed by atoms with Crippen molar-refractivity contribution in [3.8, 4) is 0 Å². The highest BCUT2D eigenvalue weighted by atomic mass is 16.1. The van der Waals surface area contributed by atoms with Crippen LogP contribution in [-0.2, 0) is 4.79 Å². The third-order valence-corrected chi connectivity index (χ3v) is 1.47. The predicted molar refractivity (Wildman–Crippen MR) is 51.2 cm³/mol. The molecule has 0 saturated carbocycles. The Kier molecular flexibility index (Phi) is 5.00. The maximum atomic E-state index is 10.2. The summed E-state index contributed by atoms with van der Waals surface area (Å²) >= 11 is 0. The van der Waals surface area contributed by atoms with Gasteiger partial charge in [0.05, 0.1) is 12.2 Å². The van der Waals surface area contributed by atoms with Crippen LogP contribution in [0.4, 0.5) is 0 Å².